The molecule has 0 aliphatic carbocycles. The van der Waals surface area contributed by atoms with E-state index < -0.39 is 0 Å². The van der Waals surface area contributed by atoms with Crippen molar-refractivity contribution in [3.63, 3.8) is 0 Å². The molecule has 0 atom stereocenters. The van der Waals surface area contributed by atoms with Crippen LogP contribution in [-0.4, -0.2) is 29.1 Å². The number of amidine groups is 1. The van der Waals surface area contributed by atoms with Gasteiger partial charge in [0.2, 0.25) is 0 Å². The summed E-state index contributed by atoms with van der Waals surface area (Å²) in [5.41, 5.74) is 7.51. The maximum absolute atomic E-state index is 8.62. The van der Waals surface area contributed by atoms with Gasteiger partial charge in [0.1, 0.15) is 5.69 Å². The van der Waals surface area contributed by atoms with Gasteiger partial charge in [-0.3, -0.25) is 4.98 Å². The van der Waals surface area contributed by atoms with Gasteiger partial charge in [0.15, 0.2) is 5.84 Å². The number of hydrogen-bond donors (Lipinski definition) is 2. The van der Waals surface area contributed by atoms with Crippen molar-refractivity contribution in [3.8, 4) is 0 Å². The van der Waals surface area contributed by atoms with Crippen LogP contribution in [0.25, 0.3) is 0 Å². The lowest BCUT2D eigenvalue weighted by Crippen LogP contribution is -2.38. The molecule has 1 aromatic heterocycles. The second-order valence-electron chi connectivity index (χ2n) is 6.51. The molecule has 0 radical (unpaired) electrons. The van der Waals surface area contributed by atoms with Gasteiger partial charge in [-0.1, -0.05) is 25.9 Å². The summed E-state index contributed by atoms with van der Waals surface area (Å²) in [5.74, 6) is 0.825. The van der Waals surface area contributed by atoms with E-state index in [2.05, 4.69) is 35.8 Å². The number of anilines is 1. The predicted molar refractivity (Wildman–Crippen MR) is 81.1 cm³/mol. The second kappa shape index (κ2) is 5.69. The molecule has 1 saturated heterocycles. The normalized spacial score (nSPS) is 18.4. The molecule has 1 aromatic rings. The van der Waals surface area contributed by atoms with Gasteiger partial charge in [-0.25, -0.2) is 0 Å². The van der Waals surface area contributed by atoms with Crippen molar-refractivity contribution in [2.45, 2.75) is 33.6 Å². The van der Waals surface area contributed by atoms with Crippen LogP contribution in [0.5, 0.6) is 0 Å². The smallest absolute Gasteiger partial charge is 0.188 e. The standard InChI is InChI=1S/C15H24N4O/c1-15(2,3)11-6-8-19(9-7-11)12-4-5-13(17-10-12)14(16)18-20/h4-5,10-11,20H,6-9H2,1-3H3,(H2,16,18). The largest absolute Gasteiger partial charge is 0.409 e. The Hall–Kier alpha value is -1.78. The zero-order chi connectivity index (χ0) is 14.8. The van der Waals surface area contributed by atoms with E-state index in [9.17, 15) is 0 Å². The van der Waals surface area contributed by atoms with Crippen LogP contribution in [-0.2, 0) is 0 Å². The van der Waals surface area contributed by atoms with Crippen LogP contribution in [0.3, 0.4) is 0 Å². The first-order chi connectivity index (χ1) is 9.41. The van der Waals surface area contributed by atoms with Gasteiger partial charge in [0, 0.05) is 13.1 Å². The van der Waals surface area contributed by atoms with Crippen molar-refractivity contribution in [1.82, 2.24) is 4.98 Å². The van der Waals surface area contributed by atoms with E-state index in [1.807, 2.05) is 6.07 Å². The monoisotopic (exact) mass is 276 g/mol. The summed E-state index contributed by atoms with van der Waals surface area (Å²) < 4.78 is 0. The molecule has 2 rings (SSSR count). The molecule has 0 amide bonds. The molecular formula is C15H24N4O. The molecule has 0 bridgehead atoms. The van der Waals surface area contributed by atoms with Crippen molar-refractivity contribution >= 4 is 11.5 Å². The molecule has 5 nitrogen and oxygen atoms in total. The molecule has 3 N–H and O–H groups in total. The van der Waals surface area contributed by atoms with Crippen LogP contribution in [0, 0.1) is 11.3 Å². The van der Waals surface area contributed by atoms with E-state index in [1.165, 1.54) is 12.8 Å². The zero-order valence-electron chi connectivity index (χ0n) is 12.5. The molecule has 0 spiro atoms. The molecule has 2 heterocycles. The Labute approximate surface area is 120 Å². The molecule has 0 aromatic carbocycles. The number of hydrogen-bond acceptors (Lipinski definition) is 4. The Morgan fingerprint density at radius 3 is 2.45 bits per heavy atom. The number of aromatic nitrogens is 1. The molecule has 1 aliphatic rings. The lowest BCUT2D eigenvalue weighted by molar-refractivity contribution is 0.199. The summed E-state index contributed by atoms with van der Waals surface area (Å²) in [5, 5.41) is 11.6. The Kier molecular flexibility index (Phi) is 4.16. The van der Waals surface area contributed by atoms with Crippen LogP contribution in [0.15, 0.2) is 23.5 Å². The SMILES string of the molecule is CC(C)(C)C1CCN(c2ccc(/C(N)=N/O)nc2)CC1. The van der Waals surface area contributed by atoms with Crippen LogP contribution < -0.4 is 10.6 Å². The first-order valence-corrected chi connectivity index (χ1v) is 7.10. The highest BCUT2D eigenvalue weighted by Gasteiger charge is 2.28. The molecular weight excluding hydrogens is 252 g/mol. The Morgan fingerprint density at radius 2 is 2.00 bits per heavy atom. The zero-order valence-corrected chi connectivity index (χ0v) is 12.5. The summed E-state index contributed by atoms with van der Waals surface area (Å²) in [7, 11) is 0. The quantitative estimate of drug-likeness (QED) is 0.376. The number of pyridine rings is 1. The number of nitrogens with two attached hydrogens (primary N) is 1. The van der Waals surface area contributed by atoms with Gasteiger partial charge >= 0.3 is 0 Å². The van der Waals surface area contributed by atoms with Crippen molar-refractivity contribution < 1.29 is 5.21 Å². The third kappa shape index (κ3) is 3.21. The minimum Gasteiger partial charge on any atom is -0.409 e. The van der Waals surface area contributed by atoms with Crippen molar-refractivity contribution in [2.75, 3.05) is 18.0 Å². The fourth-order valence-corrected chi connectivity index (χ4v) is 2.78. The van der Waals surface area contributed by atoms with Crippen molar-refractivity contribution in [2.24, 2.45) is 22.2 Å². The van der Waals surface area contributed by atoms with E-state index in [-0.39, 0.29) is 5.84 Å². The van der Waals surface area contributed by atoms with E-state index in [0.717, 1.165) is 24.7 Å². The van der Waals surface area contributed by atoms with E-state index in [1.54, 1.807) is 12.3 Å². The fourth-order valence-electron chi connectivity index (χ4n) is 2.78. The van der Waals surface area contributed by atoms with Crippen LogP contribution in [0.4, 0.5) is 5.69 Å². The Bertz CT molecular complexity index is 468. The third-order valence-corrected chi connectivity index (χ3v) is 4.20. The molecule has 5 heteroatoms. The maximum Gasteiger partial charge on any atom is 0.188 e. The average molecular weight is 276 g/mol. The highest BCUT2D eigenvalue weighted by molar-refractivity contribution is 5.95. The molecule has 1 aliphatic heterocycles. The first-order valence-electron chi connectivity index (χ1n) is 7.10. The first kappa shape index (κ1) is 14.6. The van der Waals surface area contributed by atoms with Crippen LogP contribution in [0.2, 0.25) is 0 Å². The van der Waals surface area contributed by atoms with E-state index in [4.69, 9.17) is 10.9 Å². The highest BCUT2D eigenvalue weighted by atomic mass is 16.4. The molecule has 0 unspecified atom stereocenters. The number of rotatable bonds is 2. The summed E-state index contributed by atoms with van der Waals surface area (Å²) in [4.78, 5) is 6.59. The minimum absolute atomic E-state index is 0.0444. The van der Waals surface area contributed by atoms with Crippen molar-refractivity contribution in [1.29, 1.82) is 0 Å². The molecule has 1 fully saturated rings. The summed E-state index contributed by atoms with van der Waals surface area (Å²) in [6.45, 7) is 9.08. The molecule has 20 heavy (non-hydrogen) atoms. The predicted octanol–water partition coefficient (Wildman–Crippen LogP) is 2.44. The molecule has 0 saturated carbocycles. The third-order valence-electron chi connectivity index (χ3n) is 4.20. The van der Waals surface area contributed by atoms with Crippen LogP contribution >= 0.6 is 0 Å². The topological polar surface area (TPSA) is 74.7 Å². The van der Waals surface area contributed by atoms with Gasteiger partial charge < -0.3 is 15.8 Å². The minimum atomic E-state index is 0.0444. The van der Waals surface area contributed by atoms with E-state index >= 15 is 0 Å². The van der Waals surface area contributed by atoms with Gasteiger partial charge in [0.25, 0.3) is 0 Å². The highest BCUT2D eigenvalue weighted by Crippen LogP contribution is 2.35. The fraction of sp³-hybridized carbons (Fsp3) is 0.600. The van der Waals surface area contributed by atoms with Gasteiger partial charge in [0.05, 0.1) is 11.9 Å². The Balaban J connectivity index is 2.01. The van der Waals surface area contributed by atoms with Gasteiger partial charge in [-0.05, 0) is 36.3 Å². The van der Waals surface area contributed by atoms with Crippen LogP contribution in [0.1, 0.15) is 39.3 Å². The molecule has 110 valence electrons. The number of nitrogens with zero attached hydrogens (tertiary/aromatic N) is 3. The van der Waals surface area contributed by atoms with Gasteiger partial charge in [-0.15, -0.1) is 0 Å². The summed E-state index contributed by atoms with van der Waals surface area (Å²) >= 11 is 0. The number of piperidine rings is 1. The maximum atomic E-state index is 8.62. The van der Waals surface area contributed by atoms with E-state index in [0.29, 0.717) is 11.1 Å². The Morgan fingerprint density at radius 1 is 1.35 bits per heavy atom. The second-order valence-corrected chi connectivity index (χ2v) is 6.51. The summed E-state index contributed by atoms with van der Waals surface area (Å²) in [6.07, 6.45) is 4.22. The average Bonchev–Trinajstić information content (AvgIpc) is 2.46. The summed E-state index contributed by atoms with van der Waals surface area (Å²) in [6, 6.07) is 3.78. The lowest BCUT2D eigenvalue weighted by atomic mass is 9.75. The lowest BCUT2D eigenvalue weighted by Gasteiger charge is -2.39. The van der Waals surface area contributed by atoms with Gasteiger partial charge in [-0.2, -0.15) is 0 Å². The number of oxime groups is 1. The van der Waals surface area contributed by atoms with Crippen molar-refractivity contribution in [3.05, 3.63) is 24.0 Å².